The number of pyridine rings is 2. The van der Waals surface area contributed by atoms with Crippen molar-refractivity contribution in [1.82, 2.24) is 9.55 Å². The molecule has 0 aliphatic carbocycles. The minimum Gasteiger partial charge on any atom is -0.461 e. The predicted octanol–water partition coefficient (Wildman–Crippen LogP) is 1.64. The van der Waals surface area contributed by atoms with Crippen LogP contribution < -0.4 is 10.3 Å². The highest BCUT2D eigenvalue weighted by Gasteiger charge is 2.10. The molecule has 0 fully saturated rings. The SMILES string of the molecule is Cl.O=c1ccc2nccc3c2n1C=CO3. The van der Waals surface area contributed by atoms with Crippen LogP contribution in [-0.2, 0) is 0 Å². The Balaban J connectivity index is 0.000000853. The molecule has 1 aliphatic rings. The first-order valence-corrected chi connectivity index (χ1v) is 4.20. The van der Waals surface area contributed by atoms with Crippen LogP contribution in [0.2, 0.25) is 0 Å². The van der Waals surface area contributed by atoms with E-state index in [2.05, 4.69) is 4.98 Å². The first kappa shape index (κ1) is 9.73. The third-order valence-corrected chi connectivity index (χ3v) is 2.18. The van der Waals surface area contributed by atoms with Crippen LogP contribution in [0.5, 0.6) is 5.75 Å². The van der Waals surface area contributed by atoms with Crippen LogP contribution in [0.3, 0.4) is 0 Å². The minimum atomic E-state index is -0.0775. The summed E-state index contributed by atoms with van der Waals surface area (Å²) < 4.78 is 6.80. The van der Waals surface area contributed by atoms with Gasteiger partial charge in [0.2, 0.25) is 0 Å². The molecule has 0 bridgehead atoms. The first-order chi connectivity index (χ1) is 6.86. The van der Waals surface area contributed by atoms with E-state index in [-0.39, 0.29) is 18.0 Å². The van der Waals surface area contributed by atoms with Crippen LogP contribution in [0.15, 0.2) is 35.5 Å². The Morgan fingerprint density at radius 2 is 2.13 bits per heavy atom. The number of rotatable bonds is 0. The molecule has 76 valence electrons. The Morgan fingerprint density at radius 3 is 3.00 bits per heavy atom. The number of hydrogen-bond acceptors (Lipinski definition) is 3. The molecule has 0 amide bonds. The monoisotopic (exact) mass is 222 g/mol. The number of aromatic nitrogens is 2. The average Bonchev–Trinajstić information content (AvgIpc) is 2.24. The summed E-state index contributed by atoms with van der Waals surface area (Å²) in [5.74, 6) is 0.662. The van der Waals surface area contributed by atoms with Crippen molar-refractivity contribution >= 4 is 29.6 Å². The van der Waals surface area contributed by atoms with E-state index in [9.17, 15) is 4.79 Å². The van der Waals surface area contributed by atoms with Crippen LogP contribution in [0.4, 0.5) is 0 Å². The lowest BCUT2D eigenvalue weighted by Crippen LogP contribution is -2.17. The Hall–Kier alpha value is -1.81. The molecule has 3 heterocycles. The maximum absolute atomic E-state index is 11.5. The van der Waals surface area contributed by atoms with Gasteiger partial charge in [-0.1, -0.05) is 0 Å². The Labute approximate surface area is 91.2 Å². The van der Waals surface area contributed by atoms with Gasteiger partial charge in [-0.3, -0.25) is 14.3 Å². The lowest BCUT2D eigenvalue weighted by atomic mass is 10.3. The number of halogens is 1. The summed E-state index contributed by atoms with van der Waals surface area (Å²) in [6.07, 6.45) is 4.74. The molecule has 2 aromatic heterocycles. The van der Waals surface area contributed by atoms with Gasteiger partial charge in [-0.2, -0.15) is 0 Å². The van der Waals surface area contributed by atoms with E-state index in [4.69, 9.17) is 4.74 Å². The summed E-state index contributed by atoms with van der Waals surface area (Å²) in [4.78, 5) is 15.6. The van der Waals surface area contributed by atoms with Gasteiger partial charge >= 0.3 is 0 Å². The van der Waals surface area contributed by atoms with Gasteiger partial charge < -0.3 is 4.74 Å². The van der Waals surface area contributed by atoms with E-state index in [0.717, 1.165) is 11.0 Å². The highest BCUT2D eigenvalue weighted by atomic mass is 35.5. The molecule has 0 N–H and O–H groups in total. The molecule has 0 saturated carbocycles. The molecule has 0 radical (unpaired) electrons. The smallest absolute Gasteiger partial charge is 0.255 e. The molecule has 1 aliphatic heterocycles. The quantitative estimate of drug-likeness (QED) is 0.681. The van der Waals surface area contributed by atoms with Crippen molar-refractivity contribution in [3.63, 3.8) is 0 Å². The van der Waals surface area contributed by atoms with Crippen LogP contribution in [-0.4, -0.2) is 9.55 Å². The fourth-order valence-electron chi connectivity index (χ4n) is 1.56. The molecule has 3 rings (SSSR count). The van der Waals surface area contributed by atoms with E-state index < -0.39 is 0 Å². The lowest BCUT2D eigenvalue weighted by molar-refractivity contribution is 0.480. The van der Waals surface area contributed by atoms with Crippen LogP contribution >= 0.6 is 12.4 Å². The molecule has 0 aromatic carbocycles. The van der Waals surface area contributed by atoms with Gasteiger partial charge in [0.05, 0.1) is 5.52 Å². The van der Waals surface area contributed by atoms with Crippen molar-refractivity contribution in [3.8, 4) is 5.75 Å². The van der Waals surface area contributed by atoms with E-state index in [1.807, 2.05) is 0 Å². The molecule has 0 spiro atoms. The highest BCUT2D eigenvalue weighted by molar-refractivity contribution is 5.85. The molecular formula is C10H7ClN2O2. The van der Waals surface area contributed by atoms with Crippen molar-refractivity contribution in [2.24, 2.45) is 0 Å². The topological polar surface area (TPSA) is 44.1 Å². The second-order valence-electron chi connectivity index (χ2n) is 2.99. The normalized spacial score (nSPS) is 12.0. The van der Waals surface area contributed by atoms with Crippen LogP contribution in [0.25, 0.3) is 17.2 Å². The summed E-state index contributed by atoms with van der Waals surface area (Å²) in [6, 6.07) is 4.93. The molecule has 0 saturated heterocycles. The Kier molecular flexibility index (Phi) is 2.21. The first-order valence-electron chi connectivity index (χ1n) is 4.20. The fraction of sp³-hybridized carbons (Fsp3) is 0. The minimum absolute atomic E-state index is 0. The molecule has 0 atom stereocenters. The summed E-state index contributed by atoms with van der Waals surface area (Å²) in [7, 11) is 0. The lowest BCUT2D eigenvalue weighted by Gasteiger charge is -2.12. The zero-order valence-electron chi connectivity index (χ0n) is 7.58. The standard InChI is InChI=1S/C10H6N2O2.ClH/c13-9-2-1-7-10-8(3-4-11-7)14-6-5-12(9)10;/h1-6H;1H. The summed E-state index contributed by atoms with van der Waals surface area (Å²) in [6.45, 7) is 0. The maximum Gasteiger partial charge on any atom is 0.255 e. The van der Waals surface area contributed by atoms with Crippen molar-refractivity contribution in [3.05, 3.63) is 41.0 Å². The molecule has 2 aromatic rings. The maximum atomic E-state index is 11.5. The Bertz CT molecular complexity index is 604. The van der Waals surface area contributed by atoms with Crippen LogP contribution in [0.1, 0.15) is 0 Å². The zero-order valence-corrected chi connectivity index (χ0v) is 8.40. The van der Waals surface area contributed by atoms with Gasteiger partial charge in [-0.25, -0.2) is 0 Å². The van der Waals surface area contributed by atoms with Crippen molar-refractivity contribution in [2.75, 3.05) is 0 Å². The van der Waals surface area contributed by atoms with Crippen molar-refractivity contribution in [1.29, 1.82) is 0 Å². The predicted molar refractivity (Wildman–Crippen MR) is 59.2 cm³/mol. The molecule has 4 nitrogen and oxygen atoms in total. The highest BCUT2D eigenvalue weighted by Crippen LogP contribution is 2.25. The van der Waals surface area contributed by atoms with Gasteiger partial charge in [0.15, 0.2) is 5.75 Å². The third kappa shape index (κ3) is 1.30. The van der Waals surface area contributed by atoms with E-state index in [1.54, 1.807) is 24.5 Å². The fourth-order valence-corrected chi connectivity index (χ4v) is 1.56. The average molecular weight is 223 g/mol. The van der Waals surface area contributed by atoms with Gasteiger partial charge in [-0.15, -0.1) is 12.4 Å². The van der Waals surface area contributed by atoms with Gasteiger partial charge in [-0.05, 0) is 6.07 Å². The molecule has 15 heavy (non-hydrogen) atoms. The summed E-state index contributed by atoms with van der Waals surface area (Å²) >= 11 is 0. The van der Waals surface area contributed by atoms with Crippen LogP contribution in [0, 0.1) is 0 Å². The van der Waals surface area contributed by atoms with E-state index in [0.29, 0.717) is 5.75 Å². The second-order valence-corrected chi connectivity index (χ2v) is 2.99. The largest absolute Gasteiger partial charge is 0.461 e. The van der Waals surface area contributed by atoms with Gasteiger partial charge in [0.25, 0.3) is 5.56 Å². The van der Waals surface area contributed by atoms with E-state index >= 15 is 0 Å². The van der Waals surface area contributed by atoms with Crippen molar-refractivity contribution < 1.29 is 4.74 Å². The van der Waals surface area contributed by atoms with E-state index in [1.165, 1.54) is 16.9 Å². The summed E-state index contributed by atoms with van der Waals surface area (Å²) in [5, 5.41) is 0. The molecule has 5 heteroatoms. The van der Waals surface area contributed by atoms with Gasteiger partial charge in [0, 0.05) is 24.5 Å². The number of nitrogens with zero attached hydrogens (tertiary/aromatic N) is 2. The third-order valence-electron chi connectivity index (χ3n) is 2.18. The number of hydrogen-bond donors (Lipinski definition) is 0. The molecule has 0 unspecified atom stereocenters. The molecular weight excluding hydrogens is 216 g/mol. The zero-order chi connectivity index (χ0) is 9.54. The van der Waals surface area contributed by atoms with Gasteiger partial charge in [0.1, 0.15) is 11.8 Å². The second kappa shape index (κ2) is 3.40. The Morgan fingerprint density at radius 1 is 1.27 bits per heavy atom. The number of ether oxygens (including phenoxy) is 1. The summed E-state index contributed by atoms with van der Waals surface area (Å²) in [5.41, 5.74) is 1.40. The van der Waals surface area contributed by atoms with Crippen molar-refractivity contribution in [2.45, 2.75) is 0 Å².